The van der Waals surface area contributed by atoms with Gasteiger partial charge in [0.1, 0.15) is 22.7 Å². The number of hydrogen-bond donors (Lipinski definition) is 1. The molecule has 1 heterocycles. The highest BCUT2D eigenvalue weighted by Crippen LogP contribution is 2.30. The molecule has 1 aromatic heterocycles. The molecule has 0 unspecified atom stereocenters. The number of furan rings is 1. The van der Waals surface area contributed by atoms with Crippen LogP contribution in [0.4, 0.5) is 5.69 Å². The van der Waals surface area contributed by atoms with Crippen molar-refractivity contribution in [2.24, 2.45) is 0 Å². The number of hydrogen-bond acceptors (Lipinski definition) is 8. The van der Waals surface area contributed by atoms with Crippen molar-refractivity contribution in [3.05, 3.63) is 64.6 Å². The Balaban J connectivity index is 1.88. The molecule has 0 spiro atoms. The van der Waals surface area contributed by atoms with Crippen LogP contribution in [0.5, 0.6) is 5.75 Å². The zero-order valence-corrected chi connectivity index (χ0v) is 13.9. The molecule has 3 aromatic rings. The topological polar surface area (TPSA) is 112 Å². The Hall–Kier alpha value is -3.36. The van der Waals surface area contributed by atoms with E-state index in [0.29, 0.717) is 16.7 Å². The van der Waals surface area contributed by atoms with Gasteiger partial charge in [0, 0.05) is 5.39 Å². The molecule has 0 aliphatic rings. The normalized spacial score (nSPS) is 10.6. The summed E-state index contributed by atoms with van der Waals surface area (Å²) in [6.45, 7) is 1.64. The number of methoxy groups -OCH3 is 1. The molecule has 0 aliphatic carbocycles. The van der Waals surface area contributed by atoms with E-state index < -0.39 is 11.9 Å². The minimum atomic E-state index is -0.661. The fourth-order valence-corrected chi connectivity index (χ4v) is 2.51. The summed E-state index contributed by atoms with van der Waals surface area (Å²) in [5.41, 5.74) is 0.903. The molecule has 0 bridgehead atoms. The first-order valence-corrected chi connectivity index (χ1v) is 7.50. The molecule has 0 fully saturated rings. The van der Waals surface area contributed by atoms with E-state index >= 15 is 0 Å². The summed E-state index contributed by atoms with van der Waals surface area (Å²) in [7, 11) is 1.27. The fraction of sp³-hybridized carbons (Fsp3) is 0.111. The Morgan fingerprint density at radius 3 is 2.42 bits per heavy atom. The summed E-state index contributed by atoms with van der Waals surface area (Å²) in [5.74, 6) is -0.597. The van der Waals surface area contributed by atoms with Crippen LogP contribution in [0, 0.1) is 12.1 Å². The van der Waals surface area contributed by atoms with Crippen LogP contribution in [-0.2, 0) is 4.74 Å². The lowest BCUT2D eigenvalue weighted by Gasteiger charge is -2.21. The predicted octanol–water partition coefficient (Wildman–Crippen LogP) is 3.44. The van der Waals surface area contributed by atoms with Crippen LogP contribution >= 0.6 is 0 Å². The third kappa shape index (κ3) is 3.23. The van der Waals surface area contributed by atoms with Gasteiger partial charge in [0.15, 0.2) is 0 Å². The molecule has 8 heteroatoms. The lowest BCUT2D eigenvalue weighted by atomic mass is 10.1. The van der Waals surface area contributed by atoms with E-state index in [1.807, 2.05) is 0 Å². The molecular formula is C18H14NO7-. The van der Waals surface area contributed by atoms with Gasteiger partial charge < -0.3 is 24.3 Å². The molecule has 3 rings (SSSR count). The van der Waals surface area contributed by atoms with Gasteiger partial charge in [-0.2, -0.15) is 0 Å². The van der Waals surface area contributed by atoms with Gasteiger partial charge in [0.25, 0.3) is 0 Å². The van der Waals surface area contributed by atoms with Gasteiger partial charge in [0.2, 0.25) is 0 Å². The molecule has 2 aromatic carbocycles. The number of fused-ring (bicyclic) bond motifs is 1. The predicted molar refractivity (Wildman–Crippen MR) is 91.3 cm³/mol. The Morgan fingerprint density at radius 1 is 1.12 bits per heavy atom. The van der Waals surface area contributed by atoms with Gasteiger partial charge in [0.05, 0.1) is 18.4 Å². The smallest absolute Gasteiger partial charge is 0.343 e. The zero-order valence-electron chi connectivity index (χ0n) is 13.9. The lowest BCUT2D eigenvalue weighted by Crippen LogP contribution is -2.10. The van der Waals surface area contributed by atoms with E-state index in [9.17, 15) is 14.8 Å². The maximum Gasteiger partial charge on any atom is 0.343 e. The van der Waals surface area contributed by atoms with Crippen molar-refractivity contribution in [1.29, 1.82) is 0 Å². The van der Waals surface area contributed by atoms with Gasteiger partial charge >= 0.3 is 11.9 Å². The molecule has 26 heavy (non-hydrogen) atoms. The zero-order chi connectivity index (χ0) is 18.8. The van der Waals surface area contributed by atoms with E-state index in [1.54, 1.807) is 13.0 Å². The second-order valence-corrected chi connectivity index (χ2v) is 5.39. The van der Waals surface area contributed by atoms with Crippen molar-refractivity contribution in [2.45, 2.75) is 6.92 Å². The van der Waals surface area contributed by atoms with Crippen LogP contribution in [0.1, 0.15) is 26.5 Å². The average Bonchev–Trinajstić information content (AvgIpc) is 2.96. The second-order valence-electron chi connectivity index (χ2n) is 5.39. The number of benzene rings is 2. The molecule has 8 nitrogen and oxygen atoms in total. The molecule has 0 amide bonds. The van der Waals surface area contributed by atoms with Crippen LogP contribution in [0.3, 0.4) is 0 Å². The monoisotopic (exact) mass is 356 g/mol. The summed E-state index contributed by atoms with van der Waals surface area (Å²) in [6.07, 6.45) is 0. The third-order valence-corrected chi connectivity index (χ3v) is 3.76. The van der Waals surface area contributed by atoms with Crippen molar-refractivity contribution >= 4 is 28.6 Å². The maximum absolute atomic E-state index is 12.2. The van der Waals surface area contributed by atoms with Crippen molar-refractivity contribution in [3.63, 3.8) is 0 Å². The number of aryl methyl sites for hydroxylation is 1. The van der Waals surface area contributed by atoms with E-state index in [-0.39, 0.29) is 27.8 Å². The van der Waals surface area contributed by atoms with E-state index in [4.69, 9.17) is 19.1 Å². The largest absolute Gasteiger partial charge is 0.733 e. The molecule has 134 valence electrons. The third-order valence-electron chi connectivity index (χ3n) is 3.76. The van der Waals surface area contributed by atoms with Crippen LogP contribution in [0.2, 0.25) is 0 Å². The maximum atomic E-state index is 12.2. The van der Waals surface area contributed by atoms with Crippen molar-refractivity contribution < 1.29 is 28.7 Å². The van der Waals surface area contributed by atoms with Gasteiger partial charge in [-0.3, -0.25) is 5.21 Å². The molecular weight excluding hydrogens is 342 g/mol. The standard InChI is InChI=1S/C18H14NO7/c1-10-16(18(21)24-2)14-9-13(7-8-15(14)25-10)26-17(20)11-3-5-12(6-4-11)19(22)23/h3-9,22H,1-2H3/q-1. The van der Waals surface area contributed by atoms with Gasteiger partial charge in [-0.15, -0.1) is 0 Å². The van der Waals surface area contributed by atoms with Crippen LogP contribution in [0.15, 0.2) is 46.9 Å². The number of anilines is 1. The minimum Gasteiger partial charge on any atom is -0.733 e. The summed E-state index contributed by atoms with van der Waals surface area (Å²) < 4.78 is 15.6. The fourth-order valence-electron chi connectivity index (χ4n) is 2.51. The molecule has 0 atom stereocenters. The number of ether oxygens (including phenoxy) is 2. The molecule has 1 N–H and O–H groups in total. The first-order chi connectivity index (χ1) is 12.4. The summed E-state index contributed by atoms with van der Waals surface area (Å²) in [6, 6.07) is 9.88. The molecule has 0 saturated carbocycles. The SMILES string of the molecule is COC(=O)c1c(C)oc2ccc(OC(=O)c3ccc(N([O-])O)cc3)cc12. The van der Waals surface area contributed by atoms with Gasteiger partial charge in [-0.05, 0) is 49.4 Å². The minimum absolute atomic E-state index is 0.0143. The lowest BCUT2D eigenvalue weighted by molar-refractivity contribution is 0.0600. The van der Waals surface area contributed by atoms with Crippen molar-refractivity contribution in [3.8, 4) is 5.75 Å². The van der Waals surface area contributed by atoms with Crippen LogP contribution in [-0.4, -0.2) is 24.3 Å². The Bertz CT molecular complexity index is 973. The Labute approximate surface area is 147 Å². The first-order valence-electron chi connectivity index (χ1n) is 7.50. The van der Waals surface area contributed by atoms with Gasteiger partial charge in [-0.25, -0.2) is 9.59 Å². The molecule has 0 radical (unpaired) electrons. The highest BCUT2D eigenvalue weighted by Gasteiger charge is 2.20. The van der Waals surface area contributed by atoms with Crippen molar-refractivity contribution in [1.82, 2.24) is 0 Å². The highest BCUT2D eigenvalue weighted by molar-refractivity contribution is 6.05. The average molecular weight is 356 g/mol. The molecule has 0 saturated heterocycles. The Morgan fingerprint density at radius 2 is 1.81 bits per heavy atom. The summed E-state index contributed by atoms with van der Waals surface area (Å²) in [5, 5.41) is 19.7. The van der Waals surface area contributed by atoms with Crippen molar-refractivity contribution in [2.75, 3.05) is 12.3 Å². The van der Waals surface area contributed by atoms with E-state index in [2.05, 4.69) is 0 Å². The highest BCUT2D eigenvalue weighted by atomic mass is 16.8. The van der Waals surface area contributed by atoms with Crippen LogP contribution in [0.25, 0.3) is 11.0 Å². The second kappa shape index (κ2) is 6.87. The summed E-state index contributed by atoms with van der Waals surface area (Å²) in [4.78, 5) is 24.1. The Kier molecular flexibility index (Phi) is 4.61. The first kappa shape index (κ1) is 17.5. The number of rotatable bonds is 4. The number of nitrogens with zero attached hydrogens (tertiary/aromatic N) is 1. The quantitative estimate of drug-likeness (QED) is 0.430. The van der Waals surface area contributed by atoms with E-state index in [1.165, 1.54) is 43.5 Å². The van der Waals surface area contributed by atoms with E-state index in [0.717, 1.165) is 0 Å². The number of carbonyl (C=O) groups excluding carboxylic acids is 2. The number of esters is 2. The van der Waals surface area contributed by atoms with Crippen LogP contribution < -0.4 is 9.96 Å². The van der Waals surface area contributed by atoms with Gasteiger partial charge in [-0.1, -0.05) is 0 Å². The molecule has 0 aliphatic heterocycles. The number of carbonyl (C=O) groups is 2. The summed E-state index contributed by atoms with van der Waals surface area (Å²) >= 11 is 0.